The van der Waals surface area contributed by atoms with E-state index >= 15 is 0 Å². The predicted octanol–water partition coefficient (Wildman–Crippen LogP) is 4.77. The number of thiophene rings is 1. The normalized spacial score (nSPS) is 14.8. The summed E-state index contributed by atoms with van der Waals surface area (Å²) in [7, 11) is 2.19. The van der Waals surface area contributed by atoms with Gasteiger partial charge in [0, 0.05) is 66.9 Å². The van der Waals surface area contributed by atoms with Crippen molar-refractivity contribution in [3.8, 4) is 34.4 Å². The average Bonchev–Trinajstić information content (AvgIpc) is 3.65. The quantitative estimate of drug-likeness (QED) is 0.281. The first kappa shape index (κ1) is 25.3. The van der Waals surface area contributed by atoms with Gasteiger partial charge in [0.25, 0.3) is 0 Å². The van der Waals surface area contributed by atoms with Crippen LogP contribution in [0.15, 0.2) is 53.9 Å². The first-order chi connectivity index (χ1) is 19.0. The number of rotatable bonds is 5. The standard InChI is InChI=1S/C30H29FN6OS/c1-36-11-13-37(14-12-36)18-20-4-9-26-21(15-20)17-27-28(34-35-29(26)27)22-16-25(39-19-22)3-2-10-32-30(38)33-24-7-5-23(31)6-8-24/h4-9,15-16,19H,10-14,17-18H2,1H3,(H,34,35)(H2,32,33,38). The molecule has 2 aromatic carbocycles. The first-order valence-electron chi connectivity index (χ1n) is 13.0. The number of H-pyrrole nitrogens is 1. The Morgan fingerprint density at radius 3 is 2.77 bits per heavy atom. The van der Waals surface area contributed by atoms with Crippen LogP contribution < -0.4 is 10.6 Å². The highest BCUT2D eigenvalue weighted by Crippen LogP contribution is 2.41. The van der Waals surface area contributed by atoms with Crippen LogP contribution in [0, 0.1) is 17.7 Å². The minimum atomic E-state index is -0.388. The number of aromatic nitrogens is 2. The number of hydrogen-bond acceptors (Lipinski definition) is 5. The van der Waals surface area contributed by atoms with Crippen LogP contribution in [-0.2, 0) is 13.0 Å². The molecule has 1 fully saturated rings. The Hall–Kier alpha value is -3.97. The molecule has 9 heteroatoms. The molecule has 1 aliphatic heterocycles. The van der Waals surface area contributed by atoms with Gasteiger partial charge in [0.05, 0.1) is 22.8 Å². The Labute approximate surface area is 231 Å². The SMILES string of the molecule is CN1CCN(Cc2ccc3c(c2)Cc2c(-c4csc(C#CCNC(=O)Nc5ccc(F)cc5)c4)n[nH]c2-3)CC1. The molecule has 2 amide bonds. The lowest BCUT2D eigenvalue weighted by Gasteiger charge is -2.32. The molecule has 6 rings (SSSR count). The lowest BCUT2D eigenvalue weighted by atomic mass is 10.0. The molecular weight excluding hydrogens is 511 g/mol. The van der Waals surface area contributed by atoms with Gasteiger partial charge >= 0.3 is 6.03 Å². The van der Waals surface area contributed by atoms with Gasteiger partial charge in [0.15, 0.2) is 0 Å². The fraction of sp³-hybridized carbons (Fsp3) is 0.267. The van der Waals surface area contributed by atoms with Gasteiger partial charge in [-0.15, -0.1) is 11.3 Å². The number of nitrogens with zero attached hydrogens (tertiary/aromatic N) is 3. The number of hydrogen-bond donors (Lipinski definition) is 3. The highest BCUT2D eigenvalue weighted by atomic mass is 32.1. The number of nitrogens with one attached hydrogen (secondary N) is 3. The van der Waals surface area contributed by atoms with Crippen molar-refractivity contribution in [3.05, 3.63) is 81.3 Å². The molecule has 0 saturated carbocycles. The van der Waals surface area contributed by atoms with Crippen LogP contribution in [0.3, 0.4) is 0 Å². The maximum atomic E-state index is 13.0. The monoisotopic (exact) mass is 540 g/mol. The summed E-state index contributed by atoms with van der Waals surface area (Å²) in [6.45, 7) is 5.67. The summed E-state index contributed by atoms with van der Waals surface area (Å²) < 4.78 is 13.0. The van der Waals surface area contributed by atoms with Gasteiger partial charge in [-0.1, -0.05) is 30.0 Å². The number of amides is 2. The molecule has 2 aromatic heterocycles. The van der Waals surface area contributed by atoms with Crippen LogP contribution in [-0.4, -0.2) is 65.8 Å². The molecule has 0 radical (unpaired) electrons. The van der Waals surface area contributed by atoms with Crippen molar-refractivity contribution in [3.63, 3.8) is 0 Å². The summed E-state index contributed by atoms with van der Waals surface area (Å²) in [5.74, 6) is 5.76. The molecular formula is C30H29FN6OS. The lowest BCUT2D eigenvalue weighted by Crippen LogP contribution is -2.43. The van der Waals surface area contributed by atoms with E-state index in [2.05, 4.69) is 79.2 Å². The van der Waals surface area contributed by atoms with Crippen LogP contribution in [0.5, 0.6) is 0 Å². The third kappa shape index (κ3) is 5.73. The number of aromatic amines is 1. The fourth-order valence-corrected chi connectivity index (χ4v) is 5.84. The number of urea groups is 1. The molecule has 198 valence electrons. The van der Waals surface area contributed by atoms with E-state index in [4.69, 9.17) is 0 Å². The number of carbonyl (C=O) groups excluding carboxylic acids is 1. The van der Waals surface area contributed by atoms with Crippen LogP contribution in [0.4, 0.5) is 14.9 Å². The average molecular weight is 541 g/mol. The number of likely N-dealkylation sites (N-methyl/N-ethyl adjacent to an activating group) is 1. The largest absolute Gasteiger partial charge is 0.327 e. The predicted molar refractivity (Wildman–Crippen MR) is 153 cm³/mol. The van der Waals surface area contributed by atoms with Crippen molar-refractivity contribution < 1.29 is 9.18 Å². The third-order valence-electron chi connectivity index (χ3n) is 7.20. The molecule has 4 aromatic rings. The number of halogens is 1. The van der Waals surface area contributed by atoms with Crippen molar-refractivity contribution in [2.75, 3.05) is 45.1 Å². The number of benzene rings is 2. The Morgan fingerprint density at radius 1 is 1.13 bits per heavy atom. The maximum absolute atomic E-state index is 13.0. The van der Waals surface area contributed by atoms with Crippen LogP contribution >= 0.6 is 11.3 Å². The minimum Gasteiger partial charge on any atom is -0.327 e. The molecule has 3 N–H and O–H groups in total. The summed E-state index contributed by atoms with van der Waals surface area (Å²) >= 11 is 1.56. The van der Waals surface area contributed by atoms with Crippen molar-refractivity contribution in [2.24, 2.45) is 0 Å². The Morgan fingerprint density at radius 2 is 1.95 bits per heavy atom. The van der Waals surface area contributed by atoms with Gasteiger partial charge in [-0.25, -0.2) is 9.18 Å². The second kappa shape index (κ2) is 11.0. The molecule has 1 saturated heterocycles. The molecule has 1 aliphatic carbocycles. The summed E-state index contributed by atoms with van der Waals surface area (Å²) in [6.07, 6.45) is 0.872. The van der Waals surface area contributed by atoms with Gasteiger partial charge in [-0.2, -0.15) is 5.10 Å². The zero-order chi connectivity index (χ0) is 26.8. The van der Waals surface area contributed by atoms with E-state index in [0.717, 1.165) is 61.0 Å². The highest BCUT2D eigenvalue weighted by molar-refractivity contribution is 7.11. The Balaban J connectivity index is 1.07. The molecule has 39 heavy (non-hydrogen) atoms. The number of anilines is 1. The van der Waals surface area contributed by atoms with Crippen LogP contribution in [0.2, 0.25) is 0 Å². The van der Waals surface area contributed by atoms with Crippen molar-refractivity contribution in [1.82, 2.24) is 25.3 Å². The van der Waals surface area contributed by atoms with E-state index in [1.807, 2.05) is 0 Å². The topological polar surface area (TPSA) is 76.3 Å². The minimum absolute atomic E-state index is 0.198. The summed E-state index contributed by atoms with van der Waals surface area (Å²) in [6, 6.07) is 14.1. The van der Waals surface area contributed by atoms with E-state index < -0.39 is 0 Å². The summed E-state index contributed by atoms with van der Waals surface area (Å²) in [5, 5.41) is 15.3. The van der Waals surface area contributed by atoms with E-state index in [-0.39, 0.29) is 18.4 Å². The molecule has 3 heterocycles. The smallest absolute Gasteiger partial charge is 0.319 e. The van der Waals surface area contributed by atoms with E-state index in [1.54, 1.807) is 11.3 Å². The summed E-state index contributed by atoms with van der Waals surface area (Å²) in [5.41, 5.74) is 8.85. The summed E-state index contributed by atoms with van der Waals surface area (Å²) in [4.78, 5) is 17.8. The first-order valence-corrected chi connectivity index (χ1v) is 13.9. The van der Waals surface area contributed by atoms with Gasteiger partial charge < -0.3 is 15.5 Å². The molecule has 0 bridgehead atoms. The number of fused-ring (bicyclic) bond motifs is 3. The molecule has 0 unspecified atom stereocenters. The van der Waals surface area contributed by atoms with Crippen LogP contribution in [0.25, 0.3) is 22.5 Å². The fourth-order valence-electron chi connectivity index (χ4n) is 5.08. The van der Waals surface area contributed by atoms with Gasteiger partial charge in [0.1, 0.15) is 5.82 Å². The zero-order valence-electron chi connectivity index (χ0n) is 21.7. The third-order valence-corrected chi connectivity index (χ3v) is 8.04. The van der Waals surface area contributed by atoms with E-state index in [0.29, 0.717) is 5.69 Å². The molecule has 0 atom stereocenters. The molecule has 2 aliphatic rings. The van der Waals surface area contributed by atoms with Gasteiger partial charge in [-0.3, -0.25) is 10.00 Å². The highest BCUT2D eigenvalue weighted by Gasteiger charge is 2.26. The van der Waals surface area contributed by atoms with E-state index in [1.165, 1.54) is 46.5 Å². The second-order valence-electron chi connectivity index (χ2n) is 9.99. The lowest BCUT2D eigenvalue weighted by molar-refractivity contribution is 0.148. The maximum Gasteiger partial charge on any atom is 0.319 e. The van der Waals surface area contributed by atoms with Crippen molar-refractivity contribution >= 4 is 23.1 Å². The Kier molecular flexibility index (Phi) is 7.16. The van der Waals surface area contributed by atoms with Gasteiger partial charge in [0.2, 0.25) is 0 Å². The molecule has 0 spiro atoms. The van der Waals surface area contributed by atoms with Crippen molar-refractivity contribution in [2.45, 2.75) is 13.0 Å². The Bertz CT molecular complexity index is 1560. The second-order valence-corrected chi connectivity index (χ2v) is 10.9. The van der Waals surface area contributed by atoms with Crippen molar-refractivity contribution in [1.29, 1.82) is 0 Å². The van der Waals surface area contributed by atoms with Crippen LogP contribution in [0.1, 0.15) is 21.6 Å². The zero-order valence-corrected chi connectivity index (χ0v) is 22.5. The van der Waals surface area contributed by atoms with E-state index in [9.17, 15) is 9.18 Å². The molecule has 7 nitrogen and oxygen atoms in total. The number of piperazine rings is 1. The number of carbonyl (C=O) groups is 1. The van der Waals surface area contributed by atoms with Gasteiger partial charge in [-0.05, 0) is 48.5 Å².